The molecule has 0 spiro atoms. The SMILES string of the molecule is CCCC(CCO)CN=C(NCC)NCCc1ccc(F)cc1C.I. The number of rotatable bonds is 10. The molecule has 0 fully saturated rings. The van der Waals surface area contributed by atoms with Gasteiger partial charge in [-0.05, 0) is 62.3 Å². The summed E-state index contributed by atoms with van der Waals surface area (Å²) in [6.45, 7) is 8.62. The second kappa shape index (κ2) is 14.3. The van der Waals surface area contributed by atoms with Crippen molar-refractivity contribution < 1.29 is 9.50 Å². The Morgan fingerprint density at radius 1 is 1.24 bits per heavy atom. The Bertz CT molecular complexity index is 505. The molecule has 144 valence electrons. The maximum atomic E-state index is 13.1. The number of nitrogens with one attached hydrogen (secondary N) is 2. The highest BCUT2D eigenvalue weighted by Crippen LogP contribution is 2.11. The Morgan fingerprint density at radius 3 is 2.60 bits per heavy atom. The molecule has 0 aliphatic carbocycles. The van der Waals surface area contributed by atoms with Gasteiger partial charge in [0.1, 0.15) is 5.82 Å². The van der Waals surface area contributed by atoms with Crippen molar-refractivity contribution in [2.45, 2.75) is 46.5 Å². The molecule has 0 aliphatic rings. The van der Waals surface area contributed by atoms with Crippen LogP contribution in [0.4, 0.5) is 4.39 Å². The lowest BCUT2D eigenvalue weighted by Gasteiger charge is -2.15. The number of aliphatic imine (C=N–C) groups is 1. The summed E-state index contributed by atoms with van der Waals surface area (Å²) in [6.07, 6.45) is 3.81. The number of hydrogen-bond donors (Lipinski definition) is 3. The highest BCUT2D eigenvalue weighted by Gasteiger charge is 2.07. The lowest BCUT2D eigenvalue weighted by atomic mass is 10.0. The van der Waals surface area contributed by atoms with Crippen LogP contribution in [0.2, 0.25) is 0 Å². The van der Waals surface area contributed by atoms with Gasteiger partial charge < -0.3 is 15.7 Å². The molecular formula is C19H33FIN3O. The first-order chi connectivity index (χ1) is 11.6. The molecule has 0 aromatic heterocycles. The normalized spacial score (nSPS) is 12.4. The zero-order valence-electron chi connectivity index (χ0n) is 15.6. The molecule has 0 amide bonds. The Labute approximate surface area is 168 Å². The van der Waals surface area contributed by atoms with E-state index in [2.05, 4.69) is 22.5 Å². The molecule has 1 aromatic rings. The van der Waals surface area contributed by atoms with Crippen LogP contribution in [0.1, 0.15) is 44.2 Å². The Balaban J connectivity index is 0.00000576. The van der Waals surface area contributed by atoms with Crippen molar-refractivity contribution >= 4 is 29.9 Å². The van der Waals surface area contributed by atoms with E-state index < -0.39 is 0 Å². The van der Waals surface area contributed by atoms with E-state index in [1.54, 1.807) is 6.07 Å². The van der Waals surface area contributed by atoms with Crippen LogP contribution in [0.15, 0.2) is 23.2 Å². The van der Waals surface area contributed by atoms with E-state index in [-0.39, 0.29) is 36.4 Å². The molecule has 6 heteroatoms. The molecule has 4 nitrogen and oxygen atoms in total. The minimum Gasteiger partial charge on any atom is -0.396 e. The number of halogens is 2. The fourth-order valence-electron chi connectivity index (χ4n) is 2.74. The van der Waals surface area contributed by atoms with Crippen molar-refractivity contribution in [2.75, 3.05) is 26.2 Å². The third kappa shape index (κ3) is 9.99. The molecule has 0 heterocycles. The van der Waals surface area contributed by atoms with Crippen molar-refractivity contribution in [1.82, 2.24) is 10.6 Å². The largest absolute Gasteiger partial charge is 0.396 e. The summed E-state index contributed by atoms with van der Waals surface area (Å²) in [7, 11) is 0. The van der Waals surface area contributed by atoms with Gasteiger partial charge in [-0.2, -0.15) is 0 Å². The van der Waals surface area contributed by atoms with Crippen molar-refractivity contribution in [1.29, 1.82) is 0 Å². The number of benzene rings is 1. The molecule has 1 unspecified atom stereocenters. The fourth-order valence-corrected chi connectivity index (χ4v) is 2.74. The zero-order valence-corrected chi connectivity index (χ0v) is 18.0. The minimum atomic E-state index is -0.190. The van der Waals surface area contributed by atoms with E-state index in [0.29, 0.717) is 5.92 Å². The summed E-state index contributed by atoms with van der Waals surface area (Å²) in [6, 6.07) is 4.92. The smallest absolute Gasteiger partial charge is 0.191 e. The van der Waals surface area contributed by atoms with Gasteiger partial charge in [0.2, 0.25) is 0 Å². The van der Waals surface area contributed by atoms with Crippen molar-refractivity contribution in [3.05, 3.63) is 35.1 Å². The summed E-state index contributed by atoms with van der Waals surface area (Å²) in [5.41, 5.74) is 2.12. The molecule has 0 aliphatic heterocycles. The first-order valence-corrected chi connectivity index (χ1v) is 8.98. The van der Waals surface area contributed by atoms with Crippen molar-refractivity contribution in [3.8, 4) is 0 Å². The van der Waals surface area contributed by atoms with Crippen LogP contribution in [0.3, 0.4) is 0 Å². The first-order valence-electron chi connectivity index (χ1n) is 8.98. The second-order valence-electron chi connectivity index (χ2n) is 6.13. The van der Waals surface area contributed by atoms with Gasteiger partial charge in [-0.15, -0.1) is 24.0 Å². The molecule has 1 aromatic carbocycles. The van der Waals surface area contributed by atoms with Gasteiger partial charge >= 0.3 is 0 Å². The van der Waals surface area contributed by atoms with Crippen LogP contribution >= 0.6 is 24.0 Å². The Kier molecular flexibility index (Phi) is 13.8. The maximum absolute atomic E-state index is 13.1. The average Bonchev–Trinajstić information content (AvgIpc) is 2.54. The standard InChI is InChI=1S/C19H32FN3O.HI/c1-4-6-16(10-12-24)14-23-19(21-5-2)22-11-9-17-7-8-18(20)13-15(17)3;/h7-8,13,16,24H,4-6,9-12,14H2,1-3H3,(H2,21,22,23);1H. The van der Waals surface area contributed by atoms with Gasteiger partial charge in [-0.1, -0.05) is 19.4 Å². The lowest BCUT2D eigenvalue weighted by molar-refractivity contribution is 0.253. The summed E-state index contributed by atoms with van der Waals surface area (Å²) in [5.74, 6) is 1.04. The average molecular weight is 465 g/mol. The van der Waals surface area contributed by atoms with Crippen LogP contribution in [0, 0.1) is 18.7 Å². The van der Waals surface area contributed by atoms with Gasteiger partial charge in [0, 0.05) is 26.2 Å². The predicted octanol–water partition coefficient (Wildman–Crippen LogP) is 3.65. The molecule has 1 rings (SSSR count). The molecule has 1 atom stereocenters. The third-order valence-corrected chi connectivity index (χ3v) is 4.08. The number of aliphatic hydroxyl groups excluding tert-OH is 1. The van der Waals surface area contributed by atoms with E-state index >= 15 is 0 Å². The number of guanidine groups is 1. The summed E-state index contributed by atoms with van der Waals surface area (Å²) in [5, 5.41) is 15.7. The number of aliphatic hydroxyl groups is 1. The van der Waals surface area contributed by atoms with Gasteiger partial charge in [-0.3, -0.25) is 4.99 Å². The van der Waals surface area contributed by atoms with Crippen molar-refractivity contribution in [3.63, 3.8) is 0 Å². The Hall–Kier alpha value is -0.890. The molecule has 0 saturated heterocycles. The monoisotopic (exact) mass is 465 g/mol. The first kappa shape index (κ1) is 24.1. The van der Waals surface area contributed by atoms with Gasteiger partial charge in [0.15, 0.2) is 5.96 Å². The summed E-state index contributed by atoms with van der Waals surface area (Å²) in [4.78, 5) is 4.64. The van der Waals surface area contributed by atoms with Crippen LogP contribution < -0.4 is 10.6 Å². The van der Waals surface area contributed by atoms with Crippen molar-refractivity contribution in [2.24, 2.45) is 10.9 Å². The van der Waals surface area contributed by atoms with Crippen LogP contribution in [-0.2, 0) is 6.42 Å². The molecule has 0 saturated carbocycles. The maximum Gasteiger partial charge on any atom is 0.191 e. The molecule has 0 radical (unpaired) electrons. The minimum absolute atomic E-state index is 0. The van der Waals surface area contributed by atoms with E-state index in [4.69, 9.17) is 5.11 Å². The van der Waals surface area contributed by atoms with Crippen LogP contribution in [0.25, 0.3) is 0 Å². The van der Waals surface area contributed by atoms with E-state index in [0.717, 1.165) is 62.4 Å². The molecular weight excluding hydrogens is 432 g/mol. The lowest BCUT2D eigenvalue weighted by Crippen LogP contribution is -2.38. The fraction of sp³-hybridized carbons (Fsp3) is 0.632. The van der Waals surface area contributed by atoms with Gasteiger partial charge in [0.25, 0.3) is 0 Å². The summed E-state index contributed by atoms with van der Waals surface area (Å²) < 4.78 is 13.1. The Morgan fingerprint density at radius 2 is 2.00 bits per heavy atom. The topological polar surface area (TPSA) is 56.7 Å². The second-order valence-corrected chi connectivity index (χ2v) is 6.13. The molecule has 0 bridgehead atoms. The highest BCUT2D eigenvalue weighted by atomic mass is 127. The quantitative estimate of drug-likeness (QED) is 0.281. The van der Waals surface area contributed by atoms with E-state index in [1.807, 2.05) is 19.9 Å². The zero-order chi connectivity index (χ0) is 17.8. The highest BCUT2D eigenvalue weighted by molar-refractivity contribution is 14.0. The number of nitrogens with zero attached hydrogens (tertiary/aromatic N) is 1. The number of aryl methyl sites for hydroxylation is 1. The summed E-state index contributed by atoms with van der Waals surface area (Å²) >= 11 is 0. The van der Waals surface area contributed by atoms with Gasteiger partial charge in [0.05, 0.1) is 0 Å². The van der Waals surface area contributed by atoms with Gasteiger partial charge in [-0.25, -0.2) is 4.39 Å². The third-order valence-electron chi connectivity index (χ3n) is 4.08. The van der Waals surface area contributed by atoms with E-state index in [1.165, 1.54) is 6.07 Å². The predicted molar refractivity (Wildman–Crippen MR) is 114 cm³/mol. The molecule has 3 N–H and O–H groups in total. The van der Waals surface area contributed by atoms with Crippen LogP contribution in [-0.4, -0.2) is 37.3 Å². The number of hydrogen-bond acceptors (Lipinski definition) is 2. The van der Waals surface area contributed by atoms with E-state index in [9.17, 15) is 4.39 Å². The van der Waals surface area contributed by atoms with Crippen LogP contribution in [0.5, 0.6) is 0 Å². The molecule has 25 heavy (non-hydrogen) atoms.